The third kappa shape index (κ3) is 6.75. The van der Waals surface area contributed by atoms with Crippen LogP contribution in [0.1, 0.15) is 23.6 Å². The second-order valence-corrected chi connectivity index (χ2v) is 7.29. The van der Waals surface area contributed by atoms with Gasteiger partial charge in [-0.2, -0.15) is 0 Å². The number of anilines is 1. The maximum absolute atomic E-state index is 11.1. The molecule has 0 aliphatic rings. The van der Waals surface area contributed by atoms with Gasteiger partial charge in [0.05, 0.1) is 5.69 Å². The zero-order chi connectivity index (χ0) is 21.0. The first-order valence-corrected chi connectivity index (χ1v) is 10.5. The molecule has 3 rings (SSSR count). The normalized spacial score (nSPS) is 10.7. The number of benzene rings is 3. The summed E-state index contributed by atoms with van der Waals surface area (Å²) in [6.07, 6.45) is 2.68. The van der Waals surface area contributed by atoms with E-state index in [4.69, 9.17) is 4.74 Å². The van der Waals surface area contributed by atoms with Gasteiger partial charge in [0, 0.05) is 13.1 Å². The van der Waals surface area contributed by atoms with Crippen LogP contribution in [0.15, 0.2) is 78.9 Å². The summed E-state index contributed by atoms with van der Waals surface area (Å²) in [6, 6.07) is 26.7. The Balaban J connectivity index is 1.56. The molecule has 30 heavy (non-hydrogen) atoms. The van der Waals surface area contributed by atoms with E-state index in [-0.39, 0.29) is 0 Å². The summed E-state index contributed by atoms with van der Waals surface area (Å²) in [7, 11) is 0. The summed E-state index contributed by atoms with van der Waals surface area (Å²) in [5.41, 5.74) is 4.36. The highest BCUT2D eigenvalue weighted by Gasteiger charge is 2.08. The Labute approximate surface area is 179 Å². The Morgan fingerprint density at radius 2 is 1.47 bits per heavy atom. The van der Waals surface area contributed by atoms with E-state index >= 15 is 0 Å². The Morgan fingerprint density at radius 1 is 0.833 bits per heavy atom. The van der Waals surface area contributed by atoms with Crippen LogP contribution in [0.5, 0.6) is 5.75 Å². The van der Waals surface area contributed by atoms with Crippen molar-refractivity contribution in [2.45, 2.75) is 26.4 Å². The summed E-state index contributed by atoms with van der Waals surface area (Å²) in [5, 5.41) is 2.78. The van der Waals surface area contributed by atoms with Gasteiger partial charge < -0.3 is 15.0 Å². The van der Waals surface area contributed by atoms with E-state index in [1.165, 1.54) is 11.1 Å². The molecule has 0 aliphatic heterocycles. The van der Waals surface area contributed by atoms with Crippen molar-refractivity contribution in [2.75, 3.05) is 25.0 Å². The van der Waals surface area contributed by atoms with Crippen LogP contribution in [-0.2, 0) is 24.2 Å². The summed E-state index contributed by atoms with van der Waals surface area (Å²) in [4.78, 5) is 13.5. The van der Waals surface area contributed by atoms with Crippen LogP contribution in [0.2, 0.25) is 0 Å². The molecule has 0 radical (unpaired) electrons. The Morgan fingerprint density at radius 3 is 2.10 bits per heavy atom. The SMILES string of the molecule is CCN(CCc1ccccc1)CCc1ccc(OCc2ccccc2)c(NC=O)c1. The van der Waals surface area contributed by atoms with Crippen molar-refractivity contribution in [1.82, 2.24) is 4.90 Å². The summed E-state index contributed by atoms with van der Waals surface area (Å²) < 4.78 is 5.93. The number of hydrogen-bond donors (Lipinski definition) is 1. The molecule has 4 heteroatoms. The fourth-order valence-corrected chi connectivity index (χ4v) is 3.42. The monoisotopic (exact) mass is 402 g/mol. The van der Waals surface area contributed by atoms with Crippen LogP contribution in [0.25, 0.3) is 0 Å². The lowest BCUT2D eigenvalue weighted by molar-refractivity contribution is -0.105. The topological polar surface area (TPSA) is 41.6 Å². The van der Waals surface area contributed by atoms with Gasteiger partial charge in [-0.05, 0) is 48.2 Å². The molecule has 0 saturated carbocycles. The molecular formula is C26H30N2O2. The molecule has 156 valence electrons. The van der Waals surface area contributed by atoms with Crippen LogP contribution < -0.4 is 10.1 Å². The largest absolute Gasteiger partial charge is 0.487 e. The highest BCUT2D eigenvalue weighted by atomic mass is 16.5. The molecule has 0 heterocycles. The van der Waals surface area contributed by atoms with Crippen LogP contribution in [0, 0.1) is 0 Å². The number of hydrogen-bond acceptors (Lipinski definition) is 3. The van der Waals surface area contributed by atoms with Crippen LogP contribution in [-0.4, -0.2) is 30.9 Å². The number of carbonyl (C=O) groups is 1. The molecule has 0 aromatic heterocycles. The van der Waals surface area contributed by atoms with Crippen LogP contribution in [0.3, 0.4) is 0 Å². The third-order valence-electron chi connectivity index (χ3n) is 5.22. The van der Waals surface area contributed by atoms with Crippen molar-refractivity contribution < 1.29 is 9.53 Å². The van der Waals surface area contributed by atoms with Crippen molar-refractivity contribution in [3.8, 4) is 5.75 Å². The number of rotatable bonds is 12. The predicted molar refractivity (Wildman–Crippen MR) is 123 cm³/mol. The molecule has 4 nitrogen and oxygen atoms in total. The Bertz CT molecular complexity index is 897. The highest BCUT2D eigenvalue weighted by molar-refractivity contribution is 5.75. The van der Waals surface area contributed by atoms with E-state index in [9.17, 15) is 4.79 Å². The van der Waals surface area contributed by atoms with Gasteiger partial charge in [-0.1, -0.05) is 73.7 Å². The van der Waals surface area contributed by atoms with Gasteiger partial charge >= 0.3 is 0 Å². The lowest BCUT2D eigenvalue weighted by atomic mass is 10.1. The molecule has 0 fully saturated rings. The molecule has 1 amide bonds. The van der Waals surface area contributed by atoms with E-state index in [0.717, 1.165) is 38.0 Å². The fraction of sp³-hybridized carbons (Fsp3) is 0.269. The van der Waals surface area contributed by atoms with E-state index in [2.05, 4.69) is 53.5 Å². The van der Waals surface area contributed by atoms with E-state index in [1.54, 1.807) is 0 Å². The number of amides is 1. The number of carbonyl (C=O) groups excluding carboxylic acids is 1. The number of nitrogens with zero attached hydrogens (tertiary/aromatic N) is 1. The zero-order valence-electron chi connectivity index (χ0n) is 17.6. The van der Waals surface area contributed by atoms with Gasteiger partial charge in [-0.3, -0.25) is 4.79 Å². The van der Waals surface area contributed by atoms with E-state index in [0.29, 0.717) is 24.5 Å². The molecule has 3 aromatic rings. The molecule has 3 aromatic carbocycles. The molecule has 0 atom stereocenters. The first kappa shape index (κ1) is 21.6. The first-order valence-electron chi connectivity index (χ1n) is 10.5. The van der Waals surface area contributed by atoms with Crippen molar-refractivity contribution in [3.63, 3.8) is 0 Å². The summed E-state index contributed by atoms with van der Waals surface area (Å²) in [6.45, 7) is 5.71. The Hall–Kier alpha value is -3.11. The maximum atomic E-state index is 11.1. The standard InChI is InChI=1S/C26H30N2O2/c1-2-28(17-15-22-9-5-3-6-10-22)18-16-23-13-14-26(25(19-23)27-21-29)30-20-24-11-7-4-8-12-24/h3-14,19,21H,2,15-18,20H2,1H3,(H,27,29). The predicted octanol–water partition coefficient (Wildman–Crippen LogP) is 4.94. The number of nitrogens with one attached hydrogen (secondary N) is 1. The van der Waals surface area contributed by atoms with Crippen LogP contribution >= 0.6 is 0 Å². The average molecular weight is 403 g/mol. The third-order valence-corrected chi connectivity index (χ3v) is 5.22. The van der Waals surface area contributed by atoms with E-state index in [1.807, 2.05) is 42.5 Å². The fourth-order valence-electron chi connectivity index (χ4n) is 3.42. The van der Waals surface area contributed by atoms with Gasteiger partial charge in [-0.15, -0.1) is 0 Å². The summed E-state index contributed by atoms with van der Waals surface area (Å²) >= 11 is 0. The van der Waals surface area contributed by atoms with Crippen molar-refractivity contribution >= 4 is 12.1 Å². The highest BCUT2D eigenvalue weighted by Crippen LogP contribution is 2.26. The lowest BCUT2D eigenvalue weighted by Gasteiger charge is -2.21. The molecular weight excluding hydrogens is 372 g/mol. The average Bonchev–Trinajstić information content (AvgIpc) is 2.80. The minimum absolute atomic E-state index is 0.469. The maximum Gasteiger partial charge on any atom is 0.211 e. The van der Waals surface area contributed by atoms with Gasteiger partial charge in [-0.25, -0.2) is 0 Å². The van der Waals surface area contributed by atoms with Gasteiger partial charge in [0.25, 0.3) is 0 Å². The molecule has 0 unspecified atom stereocenters. The Kier molecular flexibility index (Phi) is 8.48. The van der Waals surface area contributed by atoms with Crippen LogP contribution in [0.4, 0.5) is 5.69 Å². The molecule has 0 bridgehead atoms. The molecule has 0 spiro atoms. The van der Waals surface area contributed by atoms with Crippen molar-refractivity contribution in [2.24, 2.45) is 0 Å². The minimum atomic E-state index is 0.469. The van der Waals surface area contributed by atoms with Crippen molar-refractivity contribution in [1.29, 1.82) is 0 Å². The van der Waals surface area contributed by atoms with Gasteiger partial charge in [0.2, 0.25) is 6.41 Å². The lowest BCUT2D eigenvalue weighted by Crippen LogP contribution is -2.28. The van der Waals surface area contributed by atoms with Gasteiger partial charge in [0.15, 0.2) is 0 Å². The number of likely N-dealkylation sites (N-methyl/N-ethyl adjacent to an activating group) is 1. The zero-order valence-corrected chi connectivity index (χ0v) is 17.6. The second kappa shape index (κ2) is 11.8. The number of ether oxygens (including phenoxy) is 1. The van der Waals surface area contributed by atoms with Gasteiger partial charge in [0.1, 0.15) is 12.4 Å². The van der Waals surface area contributed by atoms with E-state index < -0.39 is 0 Å². The quantitative estimate of drug-likeness (QED) is 0.436. The second-order valence-electron chi connectivity index (χ2n) is 7.29. The molecule has 1 N–H and O–H groups in total. The first-order chi connectivity index (χ1) is 14.8. The smallest absolute Gasteiger partial charge is 0.211 e. The van der Waals surface area contributed by atoms with Crippen molar-refractivity contribution in [3.05, 3.63) is 95.6 Å². The molecule has 0 saturated heterocycles. The molecule has 0 aliphatic carbocycles. The minimum Gasteiger partial charge on any atom is -0.487 e. The summed E-state index contributed by atoms with van der Waals surface area (Å²) in [5.74, 6) is 0.686.